The van der Waals surface area contributed by atoms with Crippen LogP contribution in [0.2, 0.25) is 0 Å². The van der Waals surface area contributed by atoms with Crippen LogP contribution < -0.4 is 34.7 Å². The zero-order valence-electron chi connectivity index (χ0n) is 44.3. The summed E-state index contributed by atoms with van der Waals surface area (Å²) in [6.45, 7) is 25.0. The van der Waals surface area contributed by atoms with Crippen LogP contribution in [0, 0.1) is 41.4 Å². The van der Waals surface area contributed by atoms with Gasteiger partial charge in [-0.3, -0.25) is 9.59 Å². The Morgan fingerprint density at radius 2 is 1.57 bits per heavy atom. The number of hydrogen-bond donors (Lipinski definition) is 4. The maximum Gasteiger partial charge on any atom is 1.00 e. The molecule has 1 aromatic rings. The summed E-state index contributed by atoms with van der Waals surface area (Å²) in [7, 11) is 0. The molecule has 1 aromatic carbocycles. The molecule has 4 N–H and O–H groups in total. The van der Waals surface area contributed by atoms with Crippen molar-refractivity contribution in [2.75, 3.05) is 0 Å². The largest absolute Gasteiger partial charge is 1.00 e. The van der Waals surface area contributed by atoms with E-state index in [9.17, 15) is 39.9 Å². The number of aliphatic hydroxyl groups is 3. The van der Waals surface area contributed by atoms with E-state index in [-0.39, 0.29) is 76.8 Å². The van der Waals surface area contributed by atoms with E-state index in [0.717, 1.165) is 12.0 Å². The van der Waals surface area contributed by atoms with Crippen molar-refractivity contribution in [2.24, 2.45) is 41.4 Å². The molecule has 69 heavy (non-hydrogen) atoms. The Morgan fingerprint density at radius 1 is 0.899 bits per heavy atom. The predicted molar refractivity (Wildman–Crippen MR) is 257 cm³/mol. The number of ether oxygens (including phenoxy) is 5. The van der Waals surface area contributed by atoms with Gasteiger partial charge in [-0.05, 0) is 147 Å². The molecule has 5 aliphatic rings. The monoisotopic (exact) mass is 977 g/mol. The van der Waals surface area contributed by atoms with Crippen LogP contribution in [0.1, 0.15) is 170 Å². The molecule has 384 valence electrons. The van der Waals surface area contributed by atoms with Crippen LogP contribution in [0.3, 0.4) is 0 Å². The number of carbonyl (C=O) groups is 3. The number of allylic oxidation sites excluding steroid dienone is 2. The molecule has 18 atom stereocenters. The van der Waals surface area contributed by atoms with E-state index in [1.807, 2.05) is 61.5 Å². The number of carboxylic acid groups (broad SMARTS) is 1. The van der Waals surface area contributed by atoms with Crippen LogP contribution >= 0.6 is 0 Å². The molecule has 6 rings (SSSR count). The molecule has 0 aliphatic carbocycles. The van der Waals surface area contributed by atoms with Crippen LogP contribution in [0.4, 0.5) is 0 Å². The van der Waals surface area contributed by atoms with Gasteiger partial charge in [0.15, 0.2) is 11.6 Å². The number of Topliss-reactive ketones (excluding diaryl/α,β-unsaturated/α-hetero) is 2. The molecule has 0 saturated carbocycles. The average Bonchev–Trinajstić information content (AvgIpc) is 3.64. The fourth-order valence-electron chi connectivity index (χ4n) is 11.8. The number of benzene rings is 1. The number of aromatic hydroxyl groups is 1. The molecule has 4 fully saturated rings. The number of aliphatic carboxylic acids is 1. The number of carboxylic acids is 1. The fourth-order valence-corrected chi connectivity index (χ4v) is 11.8. The first-order valence-corrected chi connectivity index (χ1v) is 25.7. The molecule has 5 heterocycles. The molecule has 18 unspecified atom stereocenters. The fraction of sp³-hybridized carbons (Fsp3) is 0.764. The van der Waals surface area contributed by atoms with Gasteiger partial charge >= 0.3 is 29.6 Å². The van der Waals surface area contributed by atoms with E-state index in [1.54, 1.807) is 37.3 Å². The molecule has 5 aliphatic heterocycles. The predicted octanol–water partition coefficient (Wildman–Crippen LogP) is 4.96. The van der Waals surface area contributed by atoms with Crippen molar-refractivity contribution in [1.82, 2.24) is 0 Å². The second kappa shape index (κ2) is 24.3. The van der Waals surface area contributed by atoms with Crippen molar-refractivity contribution in [3.63, 3.8) is 0 Å². The number of phenolic OH excluding ortho intramolecular Hbond substituents is 1. The molecule has 13 nitrogen and oxygen atoms in total. The number of aliphatic hydroxyl groups excluding tert-OH is 2. The topological polar surface area (TPSA) is 201 Å². The Bertz CT molecular complexity index is 1970. The third-order valence-corrected chi connectivity index (χ3v) is 16.6. The van der Waals surface area contributed by atoms with Crippen molar-refractivity contribution in [3.05, 3.63) is 53.1 Å². The van der Waals surface area contributed by atoms with Crippen LogP contribution in [-0.2, 0) is 39.7 Å². The number of phenols is 1. The zero-order chi connectivity index (χ0) is 50.7. The minimum absolute atomic E-state index is 0. The Labute approximate surface area is 434 Å². The Kier molecular flexibility index (Phi) is 21.0. The summed E-state index contributed by atoms with van der Waals surface area (Å²) in [5.41, 5.74) is 1.000. The second-order valence-corrected chi connectivity index (χ2v) is 21.8. The van der Waals surface area contributed by atoms with Gasteiger partial charge in [-0.2, -0.15) is 0 Å². The van der Waals surface area contributed by atoms with Gasteiger partial charge in [-0.1, -0.05) is 67.0 Å². The van der Waals surface area contributed by atoms with Gasteiger partial charge in [0.25, 0.3) is 0 Å². The molecule has 4 saturated heterocycles. The van der Waals surface area contributed by atoms with Crippen LogP contribution in [0.15, 0.2) is 42.0 Å². The van der Waals surface area contributed by atoms with E-state index < -0.39 is 82.9 Å². The van der Waals surface area contributed by atoms with Gasteiger partial charge in [0, 0.05) is 47.5 Å². The van der Waals surface area contributed by atoms with Gasteiger partial charge in [0.2, 0.25) is 5.79 Å². The molecular weight excluding hydrogens is 892 g/mol. The van der Waals surface area contributed by atoms with E-state index in [4.69, 9.17) is 23.7 Å². The Hall–Kier alpha value is -2.01. The van der Waals surface area contributed by atoms with Gasteiger partial charge in [-0.15, -0.1) is 0 Å². The van der Waals surface area contributed by atoms with Crippen molar-refractivity contribution in [2.45, 2.75) is 226 Å². The number of hydrogen-bond acceptors (Lipinski definition) is 13. The second-order valence-electron chi connectivity index (χ2n) is 21.8. The minimum Gasteiger partial charge on any atom is -0.550 e. The summed E-state index contributed by atoms with van der Waals surface area (Å²) in [5, 5.41) is 55.6. The van der Waals surface area contributed by atoms with Gasteiger partial charge < -0.3 is 54.0 Å². The van der Waals surface area contributed by atoms with E-state index >= 15 is 0 Å². The molecular formula is C55H85NaO13. The van der Waals surface area contributed by atoms with Crippen molar-refractivity contribution in [3.8, 4) is 5.75 Å². The smallest absolute Gasteiger partial charge is 0.550 e. The summed E-state index contributed by atoms with van der Waals surface area (Å²) >= 11 is 0. The van der Waals surface area contributed by atoms with Gasteiger partial charge in [-0.25, -0.2) is 0 Å². The number of rotatable bonds is 15. The normalized spacial score (nSPS) is 37.6. The third-order valence-electron chi connectivity index (χ3n) is 16.6. The molecule has 2 spiro atoms. The Morgan fingerprint density at radius 3 is 2.14 bits per heavy atom. The summed E-state index contributed by atoms with van der Waals surface area (Å²) < 4.78 is 33.4. The molecule has 0 radical (unpaired) electrons. The van der Waals surface area contributed by atoms with Crippen LogP contribution in [0.5, 0.6) is 5.75 Å². The summed E-state index contributed by atoms with van der Waals surface area (Å²) in [4.78, 5) is 37.4. The number of ketones is 2. The van der Waals surface area contributed by atoms with Crippen LogP contribution in [-0.4, -0.2) is 103 Å². The molecule has 0 aromatic heterocycles. The van der Waals surface area contributed by atoms with E-state index in [0.29, 0.717) is 69.8 Å². The molecule has 14 heteroatoms. The van der Waals surface area contributed by atoms with Crippen molar-refractivity contribution >= 4 is 17.5 Å². The first-order chi connectivity index (χ1) is 31.8. The summed E-state index contributed by atoms with van der Waals surface area (Å²) in [5.74, 6) is -5.97. The van der Waals surface area contributed by atoms with Gasteiger partial charge in [0.1, 0.15) is 17.6 Å². The van der Waals surface area contributed by atoms with E-state index in [1.165, 1.54) is 12.5 Å². The average molecular weight is 977 g/mol. The molecule has 0 bridgehead atoms. The zero-order valence-corrected chi connectivity index (χ0v) is 46.3. The van der Waals surface area contributed by atoms with Gasteiger partial charge in [0.05, 0.1) is 47.8 Å². The van der Waals surface area contributed by atoms with E-state index in [2.05, 4.69) is 20.8 Å². The maximum absolute atomic E-state index is 14.4. The summed E-state index contributed by atoms with van der Waals surface area (Å²) in [6, 6.07) is 4.96. The Balaban J connectivity index is 0.000000553. The van der Waals surface area contributed by atoms with Crippen LogP contribution in [0.25, 0.3) is 0 Å². The first kappa shape index (κ1) is 59.6. The first-order valence-electron chi connectivity index (χ1n) is 25.7. The molecule has 0 amide bonds. The summed E-state index contributed by atoms with van der Waals surface area (Å²) in [6.07, 6.45) is 7.91. The maximum atomic E-state index is 14.4. The minimum atomic E-state index is -1.37. The quantitative estimate of drug-likeness (QED) is 0.105. The third kappa shape index (κ3) is 13.0. The standard InChI is InChI=1S/C42H70O11.C13H16O2.Na/c1-11-29(38(46)47)31-15-14-23(4)36(50-31)27(8)34(44)26(7)35(45)30(12-2)37-24(5)22-25(6)41(51-37)19-16-32(43)42(53-41)21-20-39(10,52-42)33-17-18-40(48,13-3)28(9)49-33;1-9(2)4-5-12-8-11(10(3)14)6-7-13(12)15;/h16,19,23-34,36-37,43-44,48H,11-15,17-18,20-22H2,1-10H3,(H,46,47);4,6-8,15H,5H2,1-3H3;/q;;+1/p-1. The number of carbonyl (C=O) groups excluding carboxylic acids is 3. The SMILES string of the molecule is CC(=O)c1ccc(O)c(CC=C(C)C)c1.CCC(C(=O)[O-])C1CCC(C)C(C(C)C(O)C(C)C(=O)C(CC)C2OC3(C=CC(O)C4(CCC(C)(C5CCC(O)(CC)C(C)O5)O4)O3)C(C)CC2C)O1.[Na+]. The van der Waals surface area contributed by atoms with Crippen molar-refractivity contribution < 1.29 is 93.2 Å². The van der Waals surface area contributed by atoms with Crippen molar-refractivity contribution in [1.29, 1.82) is 0 Å².